The summed E-state index contributed by atoms with van der Waals surface area (Å²) in [5, 5.41) is 4.56. The van der Waals surface area contributed by atoms with Crippen molar-refractivity contribution in [2.24, 2.45) is 0 Å². The van der Waals surface area contributed by atoms with Crippen LogP contribution in [0.3, 0.4) is 0 Å². The van der Waals surface area contributed by atoms with Gasteiger partial charge in [-0.3, -0.25) is 0 Å². The molecule has 1 aromatic carbocycles. The van der Waals surface area contributed by atoms with Gasteiger partial charge in [-0.25, -0.2) is 0 Å². The first-order valence-corrected chi connectivity index (χ1v) is 8.55. The van der Waals surface area contributed by atoms with E-state index in [1.807, 2.05) is 0 Å². The molecule has 0 bridgehead atoms. The van der Waals surface area contributed by atoms with Crippen LogP contribution in [-0.2, 0) is 6.42 Å². The number of hydrogen-bond donors (Lipinski definition) is 1. The molecule has 2 heterocycles. The number of fused-ring (bicyclic) bond motifs is 1. The zero-order valence-electron chi connectivity index (χ0n) is 11.8. The number of anilines is 1. The molecule has 2 nitrogen and oxygen atoms in total. The zero-order valence-corrected chi connectivity index (χ0v) is 12.6. The predicted octanol–water partition coefficient (Wildman–Crippen LogP) is 2.92. The maximum atomic E-state index is 3.71. The Bertz CT molecular complexity index is 421. The van der Waals surface area contributed by atoms with Crippen molar-refractivity contribution in [1.82, 2.24) is 5.32 Å². The highest BCUT2D eigenvalue weighted by Gasteiger charge is 2.21. The van der Waals surface area contributed by atoms with Crippen LogP contribution in [0.2, 0.25) is 0 Å². The van der Waals surface area contributed by atoms with E-state index in [-0.39, 0.29) is 0 Å². The van der Waals surface area contributed by atoms with Gasteiger partial charge in [0.05, 0.1) is 0 Å². The molecular formula is C16H24N2S. The fraction of sp³-hybridized carbons (Fsp3) is 0.625. The van der Waals surface area contributed by atoms with E-state index < -0.39 is 0 Å². The van der Waals surface area contributed by atoms with E-state index in [0.717, 1.165) is 17.8 Å². The monoisotopic (exact) mass is 276 g/mol. The van der Waals surface area contributed by atoms with Crippen molar-refractivity contribution in [2.45, 2.75) is 37.5 Å². The van der Waals surface area contributed by atoms with Crippen LogP contribution in [0, 0.1) is 0 Å². The highest BCUT2D eigenvalue weighted by atomic mass is 32.2. The van der Waals surface area contributed by atoms with Gasteiger partial charge >= 0.3 is 0 Å². The summed E-state index contributed by atoms with van der Waals surface area (Å²) in [6.07, 6.45) is 3.82. The zero-order chi connectivity index (χ0) is 13.1. The third-order valence-electron chi connectivity index (χ3n) is 4.22. The van der Waals surface area contributed by atoms with Crippen molar-refractivity contribution in [1.29, 1.82) is 0 Å². The van der Waals surface area contributed by atoms with Crippen LogP contribution in [0.25, 0.3) is 0 Å². The Morgan fingerprint density at radius 1 is 1.37 bits per heavy atom. The lowest BCUT2D eigenvalue weighted by Gasteiger charge is -2.20. The quantitative estimate of drug-likeness (QED) is 0.833. The number of hydrogen-bond acceptors (Lipinski definition) is 3. The summed E-state index contributed by atoms with van der Waals surface area (Å²) < 4.78 is 0. The average molecular weight is 276 g/mol. The number of para-hydroxylation sites is 1. The minimum absolute atomic E-state index is 0.755. The Balaban J connectivity index is 1.39. The summed E-state index contributed by atoms with van der Waals surface area (Å²) in [5.41, 5.74) is 2.99. The second-order valence-corrected chi connectivity index (χ2v) is 7.22. The van der Waals surface area contributed by atoms with Crippen LogP contribution >= 0.6 is 11.8 Å². The van der Waals surface area contributed by atoms with Crippen LogP contribution in [0.1, 0.15) is 25.3 Å². The molecule has 2 atom stereocenters. The second-order valence-electron chi connectivity index (χ2n) is 5.75. The van der Waals surface area contributed by atoms with Gasteiger partial charge in [-0.05, 0) is 37.4 Å². The predicted molar refractivity (Wildman–Crippen MR) is 85.3 cm³/mol. The first-order chi connectivity index (χ1) is 9.33. The smallest absolute Gasteiger partial charge is 0.0399 e. The van der Waals surface area contributed by atoms with E-state index in [2.05, 4.69) is 53.2 Å². The Kier molecular flexibility index (Phi) is 4.34. The number of rotatable bonds is 5. The summed E-state index contributed by atoms with van der Waals surface area (Å²) >= 11 is 2.11. The van der Waals surface area contributed by atoms with Gasteiger partial charge in [0.25, 0.3) is 0 Å². The van der Waals surface area contributed by atoms with E-state index in [1.54, 1.807) is 0 Å². The van der Waals surface area contributed by atoms with Gasteiger partial charge in [0.15, 0.2) is 0 Å². The van der Waals surface area contributed by atoms with E-state index in [0.29, 0.717) is 0 Å². The van der Waals surface area contributed by atoms with Crippen LogP contribution in [0.4, 0.5) is 5.69 Å². The molecule has 3 rings (SSSR count). The van der Waals surface area contributed by atoms with Crippen molar-refractivity contribution in [3.63, 3.8) is 0 Å². The van der Waals surface area contributed by atoms with Crippen LogP contribution < -0.4 is 10.2 Å². The van der Waals surface area contributed by atoms with Crippen molar-refractivity contribution >= 4 is 17.4 Å². The molecule has 0 aliphatic carbocycles. The molecule has 2 unspecified atom stereocenters. The fourth-order valence-corrected chi connectivity index (χ4v) is 4.36. The van der Waals surface area contributed by atoms with Gasteiger partial charge in [0.2, 0.25) is 0 Å². The van der Waals surface area contributed by atoms with Gasteiger partial charge in [0.1, 0.15) is 0 Å². The Morgan fingerprint density at radius 3 is 3.11 bits per heavy atom. The normalized spacial score (nSPS) is 25.8. The van der Waals surface area contributed by atoms with E-state index in [9.17, 15) is 0 Å². The number of nitrogens with zero attached hydrogens (tertiary/aromatic N) is 1. The summed E-state index contributed by atoms with van der Waals surface area (Å²) in [4.78, 5) is 2.54. The molecule has 0 amide bonds. The van der Waals surface area contributed by atoms with Crippen LogP contribution in [0.15, 0.2) is 24.3 Å². The van der Waals surface area contributed by atoms with Gasteiger partial charge in [-0.1, -0.05) is 25.1 Å². The maximum absolute atomic E-state index is 3.71. The lowest BCUT2D eigenvalue weighted by atomic mass is 10.2. The fourth-order valence-electron chi connectivity index (χ4n) is 3.17. The van der Waals surface area contributed by atoms with Gasteiger partial charge in [-0.15, -0.1) is 0 Å². The highest BCUT2D eigenvalue weighted by Crippen LogP contribution is 2.27. The molecule has 1 saturated heterocycles. The van der Waals surface area contributed by atoms with Crippen LogP contribution in [0.5, 0.6) is 0 Å². The first-order valence-electron chi connectivity index (χ1n) is 7.51. The average Bonchev–Trinajstić information content (AvgIpc) is 3.02. The molecule has 0 spiro atoms. The van der Waals surface area contributed by atoms with Gasteiger partial charge in [-0.2, -0.15) is 11.8 Å². The molecule has 104 valence electrons. The van der Waals surface area contributed by atoms with Crippen molar-refractivity contribution < 1.29 is 0 Å². The lowest BCUT2D eigenvalue weighted by molar-refractivity contribution is 0.527. The van der Waals surface area contributed by atoms with Crippen molar-refractivity contribution in [2.75, 3.05) is 30.3 Å². The number of thioether (sulfide) groups is 1. The maximum Gasteiger partial charge on any atom is 0.0399 e. The first kappa shape index (κ1) is 13.3. The molecule has 19 heavy (non-hydrogen) atoms. The molecule has 0 saturated carbocycles. The van der Waals surface area contributed by atoms with E-state index >= 15 is 0 Å². The number of nitrogens with one attached hydrogen (secondary N) is 1. The SMILES string of the molecule is CC1CC(NCCCN2CCc3ccccc32)CS1. The second kappa shape index (κ2) is 6.19. The molecule has 1 N–H and O–H groups in total. The summed E-state index contributed by atoms with van der Waals surface area (Å²) in [5.74, 6) is 1.30. The molecule has 0 radical (unpaired) electrons. The molecule has 2 aliphatic rings. The molecule has 3 heteroatoms. The third kappa shape index (κ3) is 3.26. The molecule has 0 aromatic heterocycles. The minimum Gasteiger partial charge on any atom is -0.371 e. The van der Waals surface area contributed by atoms with Gasteiger partial charge in [0, 0.05) is 35.8 Å². The summed E-state index contributed by atoms with van der Waals surface area (Å²) in [7, 11) is 0. The third-order valence-corrected chi connectivity index (χ3v) is 5.58. The topological polar surface area (TPSA) is 15.3 Å². The van der Waals surface area contributed by atoms with E-state index in [1.165, 1.54) is 49.4 Å². The van der Waals surface area contributed by atoms with E-state index in [4.69, 9.17) is 0 Å². The standard InChI is InChI=1S/C16H24N2S/c1-13-11-15(12-19-13)17-8-4-9-18-10-7-14-5-2-3-6-16(14)18/h2-3,5-6,13,15,17H,4,7-12H2,1H3. The summed E-state index contributed by atoms with van der Waals surface area (Å²) in [6, 6.07) is 9.61. The molecular weight excluding hydrogens is 252 g/mol. The largest absolute Gasteiger partial charge is 0.371 e. The Hall–Kier alpha value is -0.670. The Labute approximate surface area is 121 Å². The Morgan fingerprint density at radius 2 is 2.26 bits per heavy atom. The molecule has 1 aromatic rings. The van der Waals surface area contributed by atoms with Crippen molar-refractivity contribution in [3.05, 3.63) is 29.8 Å². The minimum atomic E-state index is 0.755. The molecule has 1 fully saturated rings. The molecule has 2 aliphatic heterocycles. The van der Waals surface area contributed by atoms with Gasteiger partial charge < -0.3 is 10.2 Å². The van der Waals surface area contributed by atoms with Crippen molar-refractivity contribution in [3.8, 4) is 0 Å². The lowest BCUT2D eigenvalue weighted by Crippen LogP contribution is -2.32. The highest BCUT2D eigenvalue weighted by molar-refractivity contribution is 8.00. The number of benzene rings is 1. The summed E-state index contributed by atoms with van der Waals surface area (Å²) in [6.45, 7) is 5.90. The van der Waals surface area contributed by atoms with Crippen LogP contribution in [-0.4, -0.2) is 36.7 Å².